The fraction of sp³-hybridized carbons (Fsp3) is 0.118. The monoisotopic (exact) mass is 309 g/mol. The first-order chi connectivity index (χ1) is 11.1. The number of aliphatic carboxylic acids is 1. The van der Waals surface area contributed by atoms with Gasteiger partial charge in [0, 0.05) is 23.3 Å². The summed E-state index contributed by atoms with van der Waals surface area (Å²) in [5.74, 6) is -1.47. The molecule has 0 aliphatic rings. The number of carboxylic acids is 1. The summed E-state index contributed by atoms with van der Waals surface area (Å²) in [7, 11) is 0. The van der Waals surface area contributed by atoms with Crippen LogP contribution in [-0.4, -0.2) is 33.1 Å². The minimum Gasteiger partial charge on any atom is -0.480 e. The van der Waals surface area contributed by atoms with Gasteiger partial charge in [0.2, 0.25) is 0 Å². The van der Waals surface area contributed by atoms with E-state index in [9.17, 15) is 9.59 Å². The fourth-order valence-electron chi connectivity index (χ4n) is 2.48. The number of rotatable bonds is 5. The SMILES string of the molecule is O=C(O)CNC(=O)c1cn(Cc2ccccn2)c2ccccc12. The number of carbonyl (C=O) groups is 2. The summed E-state index contributed by atoms with van der Waals surface area (Å²) in [4.78, 5) is 27.1. The van der Waals surface area contributed by atoms with Crippen LogP contribution in [0, 0.1) is 0 Å². The van der Waals surface area contributed by atoms with E-state index in [1.54, 1.807) is 12.4 Å². The topological polar surface area (TPSA) is 84.2 Å². The molecule has 0 aliphatic heterocycles. The van der Waals surface area contributed by atoms with Crippen LogP contribution in [-0.2, 0) is 11.3 Å². The molecule has 23 heavy (non-hydrogen) atoms. The Morgan fingerprint density at radius 1 is 1.13 bits per heavy atom. The highest BCUT2D eigenvalue weighted by Crippen LogP contribution is 2.22. The van der Waals surface area contributed by atoms with Crippen molar-refractivity contribution in [3.8, 4) is 0 Å². The Morgan fingerprint density at radius 3 is 2.65 bits per heavy atom. The molecule has 0 atom stereocenters. The predicted molar refractivity (Wildman–Crippen MR) is 85.2 cm³/mol. The van der Waals surface area contributed by atoms with Gasteiger partial charge in [-0.25, -0.2) is 0 Å². The van der Waals surface area contributed by atoms with Crippen LogP contribution < -0.4 is 5.32 Å². The van der Waals surface area contributed by atoms with Crippen molar-refractivity contribution in [1.82, 2.24) is 14.9 Å². The second-order valence-electron chi connectivity index (χ2n) is 5.09. The van der Waals surface area contributed by atoms with Crippen LogP contribution in [0.3, 0.4) is 0 Å². The minimum absolute atomic E-state index is 0.400. The number of benzene rings is 1. The summed E-state index contributed by atoms with van der Waals surface area (Å²) in [5, 5.41) is 11.9. The fourth-order valence-corrected chi connectivity index (χ4v) is 2.48. The number of carboxylic acid groups (broad SMARTS) is 1. The minimum atomic E-state index is -1.07. The molecule has 2 heterocycles. The first kappa shape index (κ1) is 14.8. The normalized spacial score (nSPS) is 10.6. The van der Waals surface area contributed by atoms with Crippen molar-refractivity contribution in [1.29, 1.82) is 0 Å². The Balaban J connectivity index is 1.96. The van der Waals surface area contributed by atoms with Gasteiger partial charge in [-0.05, 0) is 18.2 Å². The van der Waals surface area contributed by atoms with E-state index >= 15 is 0 Å². The molecule has 2 N–H and O–H groups in total. The molecule has 0 saturated heterocycles. The van der Waals surface area contributed by atoms with Crippen LogP contribution in [0.25, 0.3) is 10.9 Å². The molecule has 116 valence electrons. The average molecular weight is 309 g/mol. The zero-order valence-electron chi connectivity index (χ0n) is 12.3. The molecular weight excluding hydrogens is 294 g/mol. The highest BCUT2D eigenvalue weighted by atomic mass is 16.4. The third-order valence-corrected chi connectivity index (χ3v) is 3.49. The number of amides is 1. The van der Waals surface area contributed by atoms with Crippen molar-refractivity contribution in [2.45, 2.75) is 6.54 Å². The maximum Gasteiger partial charge on any atom is 0.322 e. The standard InChI is InChI=1S/C17H15N3O3/c21-16(22)9-19-17(23)14-11-20(10-12-5-3-4-8-18-12)15-7-2-1-6-13(14)15/h1-8,11H,9-10H2,(H,19,23)(H,21,22). The third-order valence-electron chi connectivity index (χ3n) is 3.49. The quantitative estimate of drug-likeness (QED) is 0.754. The molecule has 2 aromatic heterocycles. The Bertz CT molecular complexity index is 856. The van der Waals surface area contributed by atoms with Gasteiger partial charge in [0.15, 0.2) is 0 Å². The molecule has 0 bridgehead atoms. The molecule has 1 amide bonds. The van der Waals surface area contributed by atoms with Crippen molar-refractivity contribution >= 4 is 22.8 Å². The van der Waals surface area contributed by atoms with Gasteiger partial charge < -0.3 is 15.0 Å². The maximum atomic E-state index is 12.2. The van der Waals surface area contributed by atoms with E-state index in [0.717, 1.165) is 16.6 Å². The van der Waals surface area contributed by atoms with E-state index in [1.165, 1.54) is 0 Å². The van der Waals surface area contributed by atoms with Crippen molar-refractivity contribution in [2.24, 2.45) is 0 Å². The van der Waals surface area contributed by atoms with Gasteiger partial charge in [-0.1, -0.05) is 24.3 Å². The number of hydrogen-bond acceptors (Lipinski definition) is 3. The van der Waals surface area contributed by atoms with Gasteiger partial charge >= 0.3 is 5.97 Å². The number of para-hydroxylation sites is 1. The van der Waals surface area contributed by atoms with E-state index in [-0.39, 0.29) is 0 Å². The van der Waals surface area contributed by atoms with E-state index in [2.05, 4.69) is 10.3 Å². The lowest BCUT2D eigenvalue weighted by atomic mass is 10.1. The average Bonchev–Trinajstić information content (AvgIpc) is 2.92. The molecule has 0 spiro atoms. The summed E-state index contributed by atoms with van der Waals surface area (Å²) < 4.78 is 1.94. The van der Waals surface area contributed by atoms with E-state index in [1.807, 2.05) is 47.0 Å². The number of fused-ring (bicyclic) bond motifs is 1. The summed E-state index contributed by atoms with van der Waals surface area (Å²) in [5.41, 5.74) is 2.24. The second-order valence-corrected chi connectivity index (χ2v) is 5.09. The number of hydrogen-bond donors (Lipinski definition) is 2. The Kier molecular flexibility index (Phi) is 4.05. The maximum absolute atomic E-state index is 12.2. The lowest BCUT2D eigenvalue weighted by Crippen LogP contribution is -2.29. The van der Waals surface area contributed by atoms with Crippen LogP contribution in [0.5, 0.6) is 0 Å². The van der Waals surface area contributed by atoms with Crippen LogP contribution in [0.1, 0.15) is 16.1 Å². The van der Waals surface area contributed by atoms with Gasteiger partial charge in [-0.3, -0.25) is 14.6 Å². The lowest BCUT2D eigenvalue weighted by molar-refractivity contribution is -0.135. The molecule has 0 radical (unpaired) electrons. The van der Waals surface area contributed by atoms with Crippen LogP contribution in [0.4, 0.5) is 0 Å². The Hall–Kier alpha value is -3.15. The Labute approximate surface area is 132 Å². The van der Waals surface area contributed by atoms with Crippen molar-refractivity contribution in [3.05, 3.63) is 66.1 Å². The number of nitrogens with one attached hydrogen (secondary N) is 1. The third kappa shape index (κ3) is 3.21. The van der Waals surface area contributed by atoms with Crippen molar-refractivity contribution in [3.63, 3.8) is 0 Å². The predicted octanol–water partition coefficient (Wildman–Crippen LogP) is 1.90. The molecule has 0 unspecified atom stereocenters. The Morgan fingerprint density at radius 2 is 1.91 bits per heavy atom. The summed E-state index contributed by atoms with van der Waals surface area (Å²) in [6.07, 6.45) is 3.46. The van der Waals surface area contributed by atoms with E-state index in [0.29, 0.717) is 12.1 Å². The molecule has 0 aliphatic carbocycles. The molecular formula is C17H15N3O3. The van der Waals surface area contributed by atoms with Crippen LogP contribution in [0.2, 0.25) is 0 Å². The van der Waals surface area contributed by atoms with Gasteiger partial charge in [0.25, 0.3) is 5.91 Å². The number of aromatic nitrogens is 2. The lowest BCUT2D eigenvalue weighted by Gasteiger charge is -2.04. The highest BCUT2D eigenvalue weighted by Gasteiger charge is 2.15. The van der Waals surface area contributed by atoms with Crippen LogP contribution in [0.15, 0.2) is 54.9 Å². The number of nitrogens with zero attached hydrogens (tertiary/aromatic N) is 2. The van der Waals surface area contributed by atoms with Gasteiger partial charge in [0.05, 0.1) is 17.8 Å². The zero-order valence-corrected chi connectivity index (χ0v) is 12.3. The molecule has 0 saturated carbocycles. The number of pyridine rings is 1. The summed E-state index contributed by atoms with van der Waals surface area (Å²) >= 11 is 0. The molecule has 3 rings (SSSR count). The zero-order chi connectivity index (χ0) is 16.2. The molecule has 0 fully saturated rings. The first-order valence-corrected chi connectivity index (χ1v) is 7.13. The van der Waals surface area contributed by atoms with E-state index < -0.39 is 18.4 Å². The molecule has 6 nitrogen and oxygen atoms in total. The van der Waals surface area contributed by atoms with Gasteiger partial charge in [-0.2, -0.15) is 0 Å². The highest BCUT2D eigenvalue weighted by molar-refractivity contribution is 6.07. The smallest absolute Gasteiger partial charge is 0.322 e. The molecule has 6 heteroatoms. The first-order valence-electron chi connectivity index (χ1n) is 7.13. The largest absolute Gasteiger partial charge is 0.480 e. The molecule has 3 aromatic rings. The summed E-state index contributed by atoms with van der Waals surface area (Å²) in [6, 6.07) is 13.2. The van der Waals surface area contributed by atoms with Crippen molar-refractivity contribution in [2.75, 3.05) is 6.54 Å². The summed E-state index contributed by atoms with van der Waals surface area (Å²) in [6.45, 7) is 0.131. The van der Waals surface area contributed by atoms with E-state index in [4.69, 9.17) is 5.11 Å². The number of carbonyl (C=O) groups excluding carboxylic acids is 1. The molecule has 1 aromatic carbocycles. The second kappa shape index (κ2) is 6.31. The van der Waals surface area contributed by atoms with Crippen LogP contribution >= 0.6 is 0 Å². The van der Waals surface area contributed by atoms with Gasteiger partial charge in [0.1, 0.15) is 6.54 Å². The van der Waals surface area contributed by atoms with Crippen molar-refractivity contribution < 1.29 is 14.7 Å². The van der Waals surface area contributed by atoms with Gasteiger partial charge in [-0.15, -0.1) is 0 Å².